The fraction of sp³-hybridized carbons (Fsp3) is 0.0476. The molecule has 0 unspecified atom stereocenters. The summed E-state index contributed by atoms with van der Waals surface area (Å²) in [5.41, 5.74) is 4.06. The zero-order valence-corrected chi connectivity index (χ0v) is 15.8. The third kappa shape index (κ3) is 2.23. The van der Waals surface area contributed by atoms with Gasteiger partial charge in [0.2, 0.25) is 0 Å². The SMILES string of the molecule is COc1ccc2[nH]c3cc(-c4ccccc4Br)c4c(c3c2c1)C(=O)NC4=O. The van der Waals surface area contributed by atoms with Crippen molar-refractivity contribution in [1.82, 2.24) is 10.3 Å². The normalized spacial score (nSPS) is 13.3. The van der Waals surface area contributed by atoms with Gasteiger partial charge in [0.25, 0.3) is 11.8 Å². The van der Waals surface area contributed by atoms with Crippen molar-refractivity contribution in [3.05, 3.63) is 64.1 Å². The summed E-state index contributed by atoms with van der Waals surface area (Å²) in [5.74, 6) is -0.0608. The first-order valence-electron chi connectivity index (χ1n) is 8.35. The van der Waals surface area contributed by atoms with Gasteiger partial charge in [0.15, 0.2) is 0 Å². The molecule has 27 heavy (non-hydrogen) atoms. The van der Waals surface area contributed by atoms with Crippen LogP contribution in [0, 0.1) is 0 Å². The van der Waals surface area contributed by atoms with E-state index in [2.05, 4.69) is 26.2 Å². The third-order valence-electron chi connectivity index (χ3n) is 4.94. The molecule has 1 aliphatic rings. The highest BCUT2D eigenvalue weighted by Gasteiger charge is 2.34. The zero-order valence-electron chi connectivity index (χ0n) is 14.2. The maximum absolute atomic E-state index is 12.7. The molecule has 132 valence electrons. The second kappa shape index (κ2) is 5.69. The van der Waals surface area contributed by atoms with Crippen molar-refractivity contribution in [3.63, 3.8) is 0 Å². The van der Waals surface area contributed by atoms with E-state index in [1.54, 1.807) is 7.11 Å². The second-order valence-corrected chi connectivity index (χ2v) is 7.25. The summed E-state index contributed by atoms with van der Waals surface area (Å²) < 4.78 is 6.19. The van der Waals surface area contributed by atoms with Crippen LogP contribution >= 0.6 is 15.9 Å². The molecule has 4 aromatic rings. The number of hydrogen-bond donors (Lipinski definition) is 2. The number of halogens is 1. The molecule has 2 N–H and O–H groups in total. The molecule has 0 radical (unpaired) electrons. The number of carbonyl (C=O) groups excluding carboxylic acids is 2. The van der Waals surface area contributed by atoms with E-state index in [0.717, 1.165) is 31.8 Å². The number of aromatic amines is 1. The largest absolute Gasteiger partial charge is 0.497 e. The molecule has 0 atom stereocenters. The maximum Gasteiger partial charge on any atom is 0.259 e. The van der Waals surface area contributed by atoms with Crippen LogP contribution in [-0.4, -0.2) is 23.9 Å². The average molecular weight is 421 g/mol. The van der Waals surface area contributed by atoms with Gasteiger partial charge in [-0.3, -0.25) is 14.9 Å². The minimum atomic E-state index is -0.377. The van der Waals surface area contributed by atoms with Gasteiger partial charge >= 0.3 is 0 Å². The number of methoxy groups -OCH3 is 1. The Labute approximate surface area is 162 Å². The number of aromatic nitrogens is 1. The van der Waals surface area contributed by atoms with Crippen LogP contribution in [0.4, 0.5) is 0 Å². The van der Waals surface area contributed by atoms with E-state index in [-0.39, 0.29) is 11.8 Å². The van der Waals surface area contributed by atoms with E-state index in [4.69, 9.17) is 4.74 Å². The van der Waals surface area contributed by atoms with Crippen LogP contribution in [0.3, 0.4) is 0 Å². The molecule has 6 heteroatoms. The van der Waals surface area contributed by atoms with Crippen LogP contribution in [0.2, 0.25) is 0 Å². The molecular weight excluding hydrogens is 408 g/mol. The molecule has 1 aromatic heterocycles. The molecule has 5 nitrogen and oxygen atoms in total. The Morgan fingerprint density at radius 3 is 2.44 bits per heavy atom. The molecule has 0 spiro atoms. The lowest BCUT2D eigenvalue weighted by Gasteiger charge is -2.10. The van der Waals surface area contributed by atoms with Crippen molar-refractivity contribution in [3.8, 4) is 16.9 Å². The van der Waals surface area contributed by atoms with Crippen LogP contribution in [-0.2, 0) is 0 Å². The van der Waals surface area contributed by atoms with Gasteiger partial charge < -0.3 is 9.72 Å². The minimum Gasteiger partial charge on any atom is -0.497 e. The summed E-state index contributed by atoms with van der Waals surface area (Å²) in [6, 6.07) is 15.2. The maximum atomic E-state index is 12.7. The molecule has 2 heterocycles. The van der Waals surface area contributed by atoms with E-state index in [1.807, 2.05) is 48.5 Å². The molecule has 1 aliphatic heterocycles. The highest BCUT2D eigenvalue weighted by Crippen LogP contribution is 2.41. The van der Waals surface area contributed by atoms with E-state index in [0.29, 0.717) is 22.4 Å². The van der Waals surface area contributed by atoms with Crippen molar-refractivity contribution < 1.29 is 14.3 Å². The average Bonchev–Trinajstić information content (AvgIpc) is 3.17. The number of fused-ring (bicyclic) bond motifs is 5. The highest BCUT2D eigenvalue weighted by atomic mass is 79.9. The van der Waals surface area contributed by atoms with E-state index in [9.17, 15) is 9.59 Å². The van der Waals surface area contributed by atoms with Gasteiger partial charge in [-0.2, -0.15) is 0 Å². The first kappa shape index (κ1) is 16.1. The smallest absolute Gasteiger partial charge is 0.259 e. The first-order chi connectivity index (χ1) is 13.1. The predicted molar refractivity (Wildman–Crippen MR) is 107 cm³/mol. The van der Waals surface area contributed by atoms with Crippen molar-refractivity contribution in [2.24, 2.45) is 0 Å². The van der Waals surface area contributed by atoms with Gasteiger partial charge in [-0.15, -0.1) is 0 Å². The van der Waals surface area contributed by atoms with Gasteiger partial charge in [0.05, 0.1) is 18.2 Å². The van der Waals surface area contributed by atoms with Crippen LogP contribution in [0.25, 0.3) is 32.9 Å². The Morgan fingerprint density at radius 2 is 1.67 bits per heavy atom. The van der Waals surface area contributed by atoms with Gasteiger partial charge in [0.1, 0.15) is 5.75 Å². The van der Waals surface area contributed by atoms with Crippen LogP contribution < -0.4 is 10.1 Å². The standard InChI is InChI=1S/C21H13BrN2O3/c1-27-10-6-7-15-13(8-10)17-16(23-15)9-12(11-4-2-3-5-14(11)22)18-19(17)21(26)24-20(18)25/h2-9,23H,1H3,(H,24,25,26). The molecule has 0 saturated carbocycles. The number of ether oxygens (including phenoxy) is 1. The fourth-order valence-corrected chi connectivity index (χ4v) is 4.25. The van der Waals surface area contributed by atoms with Crippen molar-refractivity contribution in [2.75, 3.05) is 7.11 Å². The Hall–Kier alpha value is -3.12. The van der Waals surface area contributed by atoms with Crippen LogP contribution in [0.15, 0.2) is 53.0 Å². The van der Waals surface area contributed by atoms with Crippen molar-refractivity contribution in [1.29, 1.82) is 0 Å². The Bertz CT molecular complexity index is 1290. The highest BCUT2D eigenvalue weighted by molar-refractivity contribution is 9.10. The zero-order chi connectivity index (χ0) is 18.7. The summed E-state index contributed by atoms with van der Waals surface area (Å²) in [5, 5.41) is 4.03. The quantitative estimate of drug-likeness (QED) is 0.463. The number of carbonyl (C=O) groups is 2. The third-order valence-corrected chi connectivity index (χ3v) is 5.63. The molecule has 0 fully saturated rings. The molecule has 0 aliphatic carbocycles. The van der Waals surface area contributed by atoms with Gasteiger partial charge in [-0.05, 0) is 41.5 Å². The molecular formula is C21H13BrN2O3. The Morgan fingerprint density at radius 1 is 0.889 bits per heavy atom. The predicted octanol–water partition coefficient (Wildman–Crippen LogP) is 4.64. The molecule has 0 saturated heterocycles. The summed E-state index contributed by atoms with van der Waals surface area (Å²) in [6.45, 7) is 0. The lowest BCUT2D eigenvalue weighted by atomic mass is 9.93. The fourth-order valence-electron chi connectivity index (χ4n) is 3.76. The number of hydrogen-bond acceptors (Lipinski definition) is 3. The number of rotatable bonds is 2. The van der Waals surface area contributed by atoms with Gasteiger partial charge in [0, 0.05) is 26.3 Å². The van der Waals surface area contributed by atoms with E-state index in [1.165, 1.54) is 0 Å². The molecule has 5 rings (SSSR count). The van der Waals surface area contributed by atoms with Crippen molar-refractivity contribution in [2.45, 2.75) is 0 Å². The number of H-pyrrole nitrogens is 1. The Kier molecular flexibility index (Phi) is 3.39. The van der Waals surface area contributed by atoms with E-state index >= 15 is 0 Å². The van der Waals surface area contributed by atoms with E-state index < -0.39 is 0 Å². The molecule has 0 bridgehead atoms. The summed E-state index contributed by atoms with van der Waals surface area (Å²) in [7, 11) is 1.60. The summed E-state index contributed by atoms with van der Waals surface area (Å²) in [4.78, 5) is 28.7. The lowest BCUT2D eigenvalue weighted by molar-refractivity contribution is 0.0880. The van der Waals surface area contributed by atoms with Crippen LogP contribution in [0.5, 0.6) is 5.75 Å². The van der Waals surface area contributed by atoms with Crippen LogP contribution in [0.1, 0.15) is 20.7 Å². The monoisotopic (exact) mass is 420 g/mol. The number of benzene rings is 3. The number of amides is 2. The summed E-state index contributed by atoms with van der Waals surface area (Å²) >= 11 is 3.55. The lowest BCUT2D eigenvalue weighted by Crippen LogP contribution is -2.20. The Balaban J connectivity index is 1.97. The summed E-state index contributed by atoms with van der Waals surface area (Å²) in [6.07, 6.45) is 0. The minimum absolute atomic E-state index is 0.375. The topological polar surface area (TPSA) is 71.2 Å². The van der Waals surface area contributed by atoms with Gasteiger partial charge in [-0.25, -0.2) is 0 Å². The number of nitrogens with one attached hydrogen (secondary N) is 2. The first-order valence-corrected chi connectivity index (χ1v) is 9.15. The molecule has 3 aromatic carbocycles. The van der Waals surface area contributed by atoms with Gasteiger partial charge in [-0.1, -0.05) is 34.1 Å². The molecule has 2 amide bonds. The van der Waals surface area contributed by atoms with Crippen molar-refractivity contribution >= 4 is 49.6 Å². The second-order valence-electron chi connectivity index (χ2n) is 6.40. The number of imide groups is 1.